The second-order valence-corrected chi connectivity index (χ2v) is 6.74. The van der Waals surface area contributed by atoms with E-state index in [4.69, 9.17) is 9.47 Å². The van der Waals surface area contributed by atoms with E-state index in [1.54, 1.807) is 26.2 Å². The smallest absolute Gasteiger partial charge is 0.371 e. The monoisotopic (exact) mass is 332 g/mol. The van der Waals surface area contributed by atoms with Crippen molar-refractivity contribution in [3.05, 3.63) is 42.5 Å². The van der Waals surface area contributed by atoms with Gasteiger partial charge in [0.2, 0.25) is 4.90 Å². The van der Waals surface area contributed by atoms with Crippen LogP contribution in [0.15, 0.2) is 52.3 Å². The lowest BCUT2D eigenvalue weighted by Crippen LogP contribution is -2.46. The van der Waals surface area contributed by atoms with Gasteiger partial charge in [-0.25, -0.2) is 9.80 Å². The van der Waals surface area contributed by atoms with Crippen LogP contribution in [0.2, 0.25) is 0 Å². The molecule has 2 amide bonds. The van der Waals surface area contributed by atoms with Gasteiger partial charge in [0.25, 0.3) is 4.90 Å². The maximum Gasteiger partial charge on any atom is 0.371 e. The highest BCUT2D eigenvalue weighted by atomic mass is 32.2. The van der Waals surface area contributed by atoms with Crippen LogP contribution in [0, 0.1) is 0 Å². The molecule has 0 saturated heterocycles. The zero-order valence-corrected chi connectivity index (χ0v) is 13.9. The Hall–Kier alpha value is -2.38. The third kappa shape index (κ3) is 3.06. The average molecular weight is 332 g/mol. The topological polar surface area (TPSA) is 62.8 Å². The van der Waals surface area contributed by atoms with Crippen molar-refractivity contribution >= 4 is 17.1 Å². The molecule has 7 heteroatoms. The fourth-order valence-electron chi connectivity index (χ4n) is 2.29. The molecule has 1 aliphatic heterocycles. The van der Waals surface area contributed by atoms with Gasteiger partial charge in [-0.15, -0.1) is 4.72 Å². The van der Waals surface area contributed by atoms with Crippen LogP contribution in [-0.4, -0.2) is 32.2 Å². The van der Waals surface area contributed by atoms with Crippen LogP contribution in [0.5, 0.6) is 17.2 Å². The summed E-state index contributed by atoms with van der Waals surface area (Å²) < 4.78 is 14.4. The Morgan fingerprint density at radius 1 is 1.13 bits per heavy atom. The van der Waals surface area contributed by atoms with E-state index in [1.807, 2.05) is 42.5 Å². The van der Waals surface area contributed by atoms with Crippen molar-refractivity contribution in [1.82, 2.24) is 15.2 Å². The molecule has 23 heavy (non-hydrogen) atoms. The molecule has 0 bridgehead atoms. The van der Waals surface area contributed by atoms with E-state index in [-0.39, 0.29) is 6.03 Å². The highest BCUT2D eigenvalue weighted by molar-refractivity contribution is 7.96. The standard InChI is InChI=1S/C16H17N3O3S/c1-19(2)17-16(20)18-23-14-10-5-4-7-11(14)22-13-9-6-8-12(21-3)15(13)23/h4-10H,1-3H3,(H-,17,18,20)/p+1. The van der Waals surface area contributed by atoms with Gasteiger partial charge in [0.15, 0.2) is 28.3 Å². The maximum absolute atomic E-state index is 12.2. The van der Waals surface area contributed by atoms with Crippen LogP contribution in [0.25, 0.3) is 0 Å². The molecule has 6 nitrogen and oxygen atoms in total. The Morgan fingerprint density at radius 3 is 2.61 bits per heavy atom. The molecule has 0 spiro atoms. The molecule has 2 aromatic carbocycles. The van der Waals surface area contributed by atoms with Crippen molar-refractivity contribution in [2.75, 3.05) is 21.2 Å². The zero-order valence-electron chi connectivity index (χ0n) is 13.1. The van der Waals surface area contributed by atoms with Gasteiger partial charge in [-0.1, -0.05) is 18.2 Å². The molecule has 1 aliphatic rings. The first kappa shape index (κ1) is 15.5. The minimum absolute atomic E-state index is 0.285. The molecule has 3 rings (SSSR count). The summed E-state index contributed by atoms with van der Waals surface area (Å²) >= 11 is -0.691. The third-order valence-electron chi connectivity index (χ3n) is 3.18. The fourth-order valence-corrected chi connectivity index (χ4v) is 4.15. The molecule has 0 aliphatic carbocycles. The lowest BCUT2D eigenvalue weighted by Gasteiger charge is -2.21. The van der Waals surface area contributed by atoms with Crippen molar-refractivity contribution in [3.63, 3.8) is 0 Å². The molecular formula is C16H18N3O3S+. The number of ether oxygens (including phenoxy) is 2. The summed E-state index contributed by atoms with van der Waals surface area (Å²) in [5.41, 5.74) is 2.70. The summed E-state index contributed by atoms with van der Waals surface area (Å²) in [5, 5.41) is 1.59. The number of para-hydroxylation sites is 1. The number of hydrogen-bond donors (Lipinski definition) is 2. The number of amides is 2. The van der Waals surface area contributed by atoms with Crippen molar-refractivity contribution in [1.29, 1.82) is 0 Å². The first-order chi connectivity index (χ1) is 11.1. The molecule has 1 heterocycles. The van der Waals surface area contributed by atoms with Gasteiger partial charge in [0, 0.05) is 20.2 Å². The van der Waals surface area contributed by atoms with E-state index in [1.165, 1.54) is 0 Å². The van der Waals surface area contributed by atoms with E-state index in [9.17, 15) is 4.79 Å². The summed E-state index contributed by atoms with van der Waals surface area (Å²) in [7, 11) is 5.13. The minimum Gasteiger partial charge on any atom is -0.491 e. The van der Waals surface area contributed by atoms with Crippen LogP contribution in [0.4, 0.5) is 4.79 Å². The number of hydrazine groups is 1. The molecule has 1 atom stereocenters. The Bertz CT molecular complexity index is 736. The van der Waals surface area contributed by atoms with Crippen LogP contribution >= 0.6 is 0 Å². The molecule has 1 unspecified atom stereocenters. The van der Waals surface area contributed by atoms with E-state index in [2.05, 4.69) is 10.1 Å². The second kappa shape index (κ2) is 6.39. The summed E-state index contributed by atoms with van der Waals surface area (Å²) in [5.74, 6) is 2.11. The van der Waals surface area contributed by atoms with Crippen LogP contribution < -0.4 is 19.6 Å². The maximum atomic E-state index is 12.2. The van der Waals surface area contributed by atoms with Crippen molar-refractivity contribution in [2.24, 2.45) is 0 Å². The number of nitrogens with zero attached hydrogens (tertiary/aromatic N) is 1. The Balaban J connectivity index is 2.05. The van der Waals surface area contributed by atoms with Crippen molar-refractivity contribution < 1.29 is 14.3 Å². The number of nitrogens with one attached hydrogen (secondary N) is 2. The quantitative estimate of drug-likeness (QED) is 0.670. The first-order valence-corrected chi connectivity index (χ1v) is 8.25. The molecular weight excluding hydrogens is 314 g/mol. The summed E-state index contributed by atoms with van der Waals surface area (Å²) in [6.45, 7) is 0. The average Bonchev–Trinajstić information content (AvgIpc) is 2.53. The number of methoxy groups -OCH3 is 1. The molecule has 0 aromatic heterocycles. The third-order valence-corrected chi connectivity index (χ3v) is 5.15. The van der Waals surface area contributed by atoms with Gasteiger partial charge in [0.05, 0.1) is 7.11 Å². The largest absolute Gasteiger partial charge is 0.491 e. The van der Waals surface area contributed by atoms with Gasteiger partial charge in [0.1, 0.15) is 0 Å². The zero-order chi connectivity index (χ0) is 16.4. The molecule has 2 aromatic rings. The van der Waals surface area contributed by atoms with Gasteiger partial charge < -0.3 is 9.47 Å². The molecule has 120 valence electrons. The number of benzene rings is 2. The van der Waals surface area contributed by atoms with Crippen LogP contribution in [0.1, 0.15) is 0 Å². The van der Waals surface area contributed by atoms with Gasteiger partial charge in [-0.05, 0) is 18.2 Å². The van der Waals surface area contributed by atoms with E-state index in [0.717, 1.165) is 15.5 Å². The fraction of sp³-hybridized carbons (Fsp3) is 0.188. The Labute approximate surface area is 137 Å². The van der Waals surface area contributed by atoms with E-state index in [0.29, 0.717) is 11.5 Å². The number of fused-ring (bicyclic) bond motifs is 2. The van der Waals surface area contributed by atoms with Gasteiger partial charge in [-0.3, -0.25) is 5.43 Å². The summed E-state index contributed by atoms with van der Waals surface area (Å²) in [6, 6.07) is 13.0. The molecule has 0 radical (unpaired) electrons. The highest BCUT2D eigenvalue weighted by Gasteiger charge is 2.42. The predicted molar refractivity (Wildman–Crippen MR) is 88.8 cm³/mol. The number of carbonyl (C=O) groups excluding carboxylic acids is 1. The SMILES string of the molecule is COc1cccc2c1[S+](NC(=O)NN(C)C)c1ccccc1O2. The van der Waals surface area contributed by atoms with E-state index < -0.39 is 11.1 Å². The van der Waals surface area contributed by atoms with E-state index >= 15 is 0 Å². The molecule has 2 N–H and O–H groups in total. The molecule has 0 saturated carbocycles. The summed E-state index contributed by atoms with van der Waals surface area (Å²) in [6.07, 6.45) is 0. The van der Waals surface area contributed by atoms with Crippen LogP contribution in [0.3, 0.4) is 0 Å². The Kier molecular flexibility index (Phi) is 4.31. The lowest BCUT2D eigenvalue weighted by atomic mass is 10.3. The minimum atomic E-state index is -0.691. The number of rotatable bonds is 3. The normalized spacial score (nSPS) is 15.2. The first-order valence-electron chi connectivity index (χ1n) is 7.03. The summed E-state index contributed by atoms with van der Waals surface area (Å²) in [4.78, 5) is 14.0. The second-order valence-electron chi connectivity index (χ2n) is 5.08. The predicted octanol–water partition coefficient (Wildman–Crippen LogP) is 2.53. The molecule has 0 fully saturated rings. The number of hydrogen-bond acceptors (Lipinski definition) is 4. The number of carbonyl (C=O) groups is 1. The lowest BCUT2D eigenvalue weighted by molar-refractivity contribution is 0.218. The van der Waals surface area contributed by atoms with Crippen LogP contribution in [-0.2, 0) is 11.1 Å². The van der Waals surface area contributed by atoms with Gasteiger partial charge in [-0.2, -0.15) is 0 Å². The Morgan fingerprint density at radius 2 is 1.87 bits per heavy atom. The highest BCUT2D eigenvalue weighted by Crippen LogP contribution is 2.46. The van der Waals surface area contributed by atoms with Crippen molar-refractivity contribution in [2.45, 2.75) is 9.79 Å². The number of urea groups is 1. The van der Waals surface area contributed by atoms with Gasteiger partial charge >= 0.3 is 6.03 Å². The van der Waals surface area contributed by atoms with Crippen molar-refractivity contribution in [3.8, 4) is 17.2 Å².